The van der Waals surface area contributed by atoms with Crippen LogP contribution in [0.2, 0.25) is 0 Å². The van der Waals surface area contributed by atoms with E-state index in [4.69, 9.17) is 5.73 Å². The Balaban J connectivity index is 2.10. The molecule has 1 aromatic carbocycles. The van der Waals surface area contributed by atoms with Crippen molar-refractivity contribution in [1.82, 2.24) is 9.97 Å². The highest BCUT2D eigenvalue weighted by atomic mass is 127. The zero-order valence-electron chi connectivity index (χ0n) is 11.3. The minimum absolute atomic E-state index is 0.145. The molecule has 0 unspecified atom stereocenters. The maximum Gasteiger partial charge on any atom is 0.162 e. The van der Waals surface area contributed by atoms with Gasteiger partial charge >= 0.3 is 0 Å². The van der Waals surface area contributed by atoms with Gasteiger partial charge in [-0.15, -0.1) is 0 Å². The molecule has 21 heavy (non-hydrogen) atoms. The predicted octanol–water partition coefficient (Wildman–Crippen LogP) is 3.83. The number of halogens is 2. The molecule has 1 heterocycles. The van der Waals surface area contributed by atoms with Crippen LogP contribution < -0.4 is 5.73 Å². The van der Waals surface area contributed by atoms with E-state index in [9.17, 15) is 9.50 Å². The van der Waals surface area contributed by atoms with Gasteiger partial charge in [0.15, 0.2) is 5.82 Å². The summed E-state index contributed by atoms with van der Waals surface area (Å²) in [6, 6.07) is 3.81. The third kappa shape index (κ3) is 2.95. The maximum atomic E-state index is 13.4. The van der Waals surface area contributed by atoms with Crippen molar-refractivity contribution < 1.29 is 9.50 Å². The number of hydrogen-bond acceptors (Lipinski definition) is 4. The van der Waals surface area contributed by atoms with Gasteiger partial charge in [-0.3, -0.25) is 0 Å². The molecule has 0 atom stereocenters. The van der Waals surface area contributed by atoms with Gasteiger partial charge in [-0.25, -0.2) is 14.4 Å². The van der Waals surface area contributed by atoms with Crippen molar-refractivity contribution in [3.05, 3.63) is 33.3 Å². The Hall–Kier alpha value is -1.44. The fourth-order valence-corrected chi connectivity index (χ4v) is 3.47. The Morgan fingerprint density at radius 3 is 2.57 bits per heavy atom. The summed E-state index contributed by atoms with van der Waals surface area (Å²) in [5, 5.41) is 9.53. The highest BCUT2D eigenvalue weighted by molar-refractivity contribution is 14.1. The minimum Gasteiger partial charge on any atom is -0.508 e. The van der Waals surface area contributed by atoms with E-state index >= 15 is 0 Å². The first-order chi connectivity index (χ1) is 10.0. The SMILES string of the molecule is Nc1nc(-c2cc(O)cc(F)c2)nc(C2CCCC2)c1I. The van der Waals surface area contributed by atoms with Crippen LogP contribution in [0.3, 0.4) is 0 Å². The van der Waals surface area contributed by atoms with Crippen molar-refractivity contribution in [3.8, 4) is 17.1 Å². The lowest BCUT2D eigenvalue weighted by atomic mass is 10.0. The second-order valence-corrected chi connectivity index (χ2v) is 6.39. The molecule has 4 nitrogen and oxygen atoms in total. The average Bonchev–Trinajstić information content (AvgIpc) is 2.94. The minimum atomic E-state index is -0.520. The molecular formula is C15H15FIN3O. The number of hydrogen-bond donors (Lipinski definition) is 2. The highest BCUT2D eigenvalue weighted by Gasteiger charge is 2.23. The van der Waals surface area contributed by atoms with E-state index in [0.717, 1.165) is 28.2 Å². The molecule has 1 fully saturated rings. The molecule has 3 N–H and O–H groups in total. The molecule has 6 heteroatoms. The van der Waals surface area contributed by atoms with Crippen LogP contribution >= 0.6 is 22.6 Å². The summed E-state index contributed by atoms with van der Waals surface area (Å²) >= 11 is 2.17. The van der Waals surface area contributed by atoms with Gasteiger partial charge in [0, 0.05) is 17.5 Å². The van der Waals surface area contributed by atoms with Gasteiger partial charge in [0.2, 0.25) is 0 Å². The Labute approximate surface area is 135 Å². The second kappa shape index (κ2) is 5.75. The summed E-state index contributed by atoms with van der Waals surface area (Å²) < 4.78 is 14.3. The van der Waals surface area contributed by atoms with Crippen molar-refractivity contribution in [2.75, 3.05) is 5.73 Å². The van der Waals surface area contributed by atoms with Gasteiger partial charge in [0.05, 0.1) is 9.26 Å². The third-order valence-electron chi connectivity index (χ3n) is 3.79. The van der Waals surface area contributed by atoms with Crippen LogP contribution in [0.5, 0.6) is 5.75 Å². The Kier molecular flexibility index (Phi) is 3.97. The lowest BCUT2D eigenvalue weighted by Crippen LogP contribution is -2.08. The first-order valence-electron chi connectivity index (χ1n) is 6.87. The summed E-state index contributed by atoms with van der Waals surface area (Å²) in [6.45, 7) is 0. The Morgan fingerprint density at radius 2 is 1.90 bits per heavy atom. The fourth-order valence-electron chi connectivity index (χ4n) is 2.78. The summed E-state index contributed by atoms with van der Waals surface area (Å²) in [6.07, 6.45) is 4.59. The van der Waals surface area contributed by atoms with E-state index in [-0.39, 0.29) is 5.75 Å². The molecule has 0 aliphatic heterocycles. The van der Waals surface area contributed by atoms with Gasteiger partial charge in [0.1, 0.15) is 17.4 Å². The summed E-state index contributed by atoms with van der Waals surface area (Å²) in [7, 11) is 0. The van der Waals surface area contributed by atoms with Crippen molar-refractivity contribution >= 4 is 28.4 Å². The number of aromatic nitrogens is 2. The molecule has 1 aliphatic carbocycles. The number of phenolic OH excluding ortho intramolecular Hbond substituents is 1. The zero-order valence-corrected chi connectivity index (χ0v) is 13.5. The zero-order chi connectivity index (χ0) is 15.0. The Bertz CT molecular complexity index is 667. The fraction of sp³-hybridized carbons (Fsp3) is 0.333. The summed E-state index contributed by atoms with van der Waals surface area (Å²) in [4.78, 5) is 8.83. The molecule has 0 amide bonds. The largest absolute Gasteiger partial charge is 0.508 e. The van der Waals surface area contributed by atoms with Crippen LogP contribution in [0.4, 0.5) is 10.2 Å². The molecule has 2 aromatic rings. The van der Waals surface area contributed by atoms with Gasteiger partial charge < -0.3 is 10.8 Å². The molecule has 110 valence electrons. The van der Waals surface area contributed by atoms with Crippen LogP contribution in [0.1, 0.15) is 37.3 Å². The average molecular weight is 399 g/mol. The molecular weight excluding hydrogens is 384 g/mol. The standard InChI is InChI=1S/C15H15FIN3O/c16-10-5-9(6-11(21)7-10)15-19-13(8-3-1-2-4-8)12(17)14(18)20-15/h5-8,21H,1-4H2,(H2,18,19,20). The van der Waals surface area contributed by atoms with E-state index in [2.05, 4.69) is 32.6 Å². The Morgan fingerprint density at radius 1 is 1.19 bits per heavy atom. The number of phenols is 1. The normalized spacial score (nSPS) is 15.5. The van der Waals surface area contributed by atoms with Gasteiger partial charge in [-0.2, -0.15) is 0 Å². The van der Waals surface area contributed by atoms with Gasteiger partial charge in [-0.05, 0) is 47.6 Å². The van der Waals surface area contributed by atoms with Crippen LogP contribution in [0.15, 0.2) is 18.2 Å². The number of nitrogens with zero attached hydrogens (tertiary/aromatic N) is 2. The highest BCUT2D eigenvalue weighted by Crippen LogP contribution is 2.37. The van der Waals surface area contributed by atoms with Gasteiger partial charge in [0.25, 0.3) is 0 Å². The molecule has 0 spiro atoms. The molecule has 0 bridgehead atoms. The third-order valence-corrected chi connectivity index (χ3v) is 4.89. The van der Waals surface area contributed by atoms with Crippen molar-refractivity contribution in [3.63, 3.8) is 0 Å². The summed E-state index contributed by atoms with van der Waals surface area (Å²) in [5.74, 6) is 0.500. The van der Waals surface area contributed by atoms with E-state index in [0.29, 0.717) is 23.1 Å². The topological polar surface area (TPSA) is 72.0 Å². The molecule has 1 aliphatic rings. The monoisotopic (exact) mass is 399 g/mol. The van der Waals surface area contributed by atoms with E-state index < -0.39 is 5.82 Å². The first kappa shape index (κ1) is 14.5. The number of nitrogen functional groups attached to an aromatic ring is 1. The van der Waals surface area contributed by atoms with Crippen molar-refractivity contribution in [1.29, 1.82) is 0 Å². The quantitative estimate of drug-likeness (QED) is 0.753. The number of aromatic hydroxyl groups is 1. The van der Waals surface area contributed by atoms with Crippen LogP contribution in [-0.2, 0) is 0 Å². The van der Waals surface area contributed by atoms with Crippen molar-refractivity contribution in [2.45, 2.75) is 31.6 Å². The van der Waals surface area contributed by atoms with Crippen LogP contribution in [-0.4, -0.2) is 15.1 Å². The van der Waals surface area contributed by atoms with Crippen molar-refractivity contribution in [2.24, 2.45) is 0 Å². The van der Waals surface area contributed by atoms with E-state index in [1.807, 2.05) is 0 Å². The van der Waals surface area contributed by atoms with Crippen LogP contribution in [0.25, 0.3) is 11.4 Å². The molecule has 3 rings (SSSR count). The van der Waals surface area contributed by atoms with E-state index in [1.165, 1.54) is 25.0 Å². The maximum absolute atomic E-state index is 13.4. The number of anilines is 1. The number of nitrogens with two attached hydrogens (primary N) is 1. The lowest BCUT2D eigenvalue weighted by Gasteiger charge is -2.14. The number of benzene rings is 1. The first-order valence-corrected chi connectivity index (χ1v) is 7.95. The van der Waals surface area contributed by atoms with Gasteiger partial charge in [-0.1, -0.05) is 12.8 Å². The smallest absolute Gasteiger partial charge is 0.162 e. The lowest BCUT2D eigenvalue weighted by molar-refractivity contribution is 0.469. The predicted molar refractivity (Wildman–Crippen MR) is 87.4 cm³/mol. The molecule has 1 saturated carbocycles. The molecule has 0 radical (unpaired) electrons. The second-order valence-electron chi connectivity index (χ2n) is 5.31. The summed E-state index contributed by atoms with van der Waals surface area (Å²) in [5.41, 5.74) is 7.37. The molecule has 1 aromatic heterocycles. The van der Waals surface area contributed by atoms with Crippen LogP contribution in [0, 0.1) is 9.39 Å². The number of rotatable bonds is 2. The molecule has 0 saturated heterocycles. The van der Waals surface area contributed by atoms with E-state index in [1.54, 1.807) is 0 Å².